The van der Waals surface area contributed by atoms with Gasteiger partial charge in [-0.1, -0.05) is 12.6 Å². The van der Waals surface area contributed by atoms with Crippen molar-refractivity contribution in [1.82, 2.24) is 4.98 Å². The standard InChI is InChI=1S/C19H15F2N3O3/c1-10-9-13(26-18-15(27-19(20)21)5-4-8-22-18)6-7-14(10)16-11(2)17(25)24-23-12(16)3/h4-9,19H,3H2,1-2H3. The number of hydrogen-bond acceptors (Lipinski definition) is 5. The molecule has 2 aromatic rings. The number of aromatic nitrogens is 1. The Morgan fingerprint density at radius 1 is 1.15 bits per heavy atom. The summed E-state index contributed by atoms with van der Waals surface area (Å²) < 4.78 is 35.0. The van der Waals surface area contributed by atoms with Crippen molar-refractivity contribution in [2.75, 3.05) is 0 Å². The lowest BCUT2D eigenvalue weighted by atomic mass is 9.93. The summed E-state index contributed by atoms with van der Waals surface area (Å²) in [5.41, 5.74) is 2.98. The summed E-state index contributed by atoms with van der Waals surface area (Å²) in [5, 5.41) is 7.31. The molecule has 8 heteroatoms. The van der Waals surface area contributed by atoms with Crippen molar-refractivity contribution in [2.24, 2.45) is 10.2 Å². The molecule has 6 nitrogen and oxygen atoms in total. The Labute approximate surface area is 153 Å². The third-order valence-corrected chi connectivity index (χ3v) is 3.88. The number of hydrogen-bond donors (Lipinski definition) is 0. The Bertz CT molecular complexity index is 984. The first-order chi connectivity index (χ1) is 12.9. The molecule has 0 unspecified atom stereocenters. The summed E-state index contributed by atoms with van der Waals surface area (Å²) in [6, 6.07) is 7.87. The highest BCUT2D eigenvalue weighted by atomic mass is 19.3. The molecule has 0 radical (unpaired) electrons. The van der Waals surface area contributed by atoms with Crippen molar-refractivity contribution >= 4 is 11.5 Å². The highest BCUT2D eigenvalue weighted by Gasteiger charge is 2.21. The Hall–Kier alpha value is -3.42. The summed E-state index contributed by atoms with van der Waals surface area (Å²) in [4.78, 5) is 15.7. The smallest absolute Gasteiger partial charge is 0.387 e. The minimum absolute atomic E-state index is 0.0774. The largest absolute Gasteiger partial charge is 0.436 e. The Morgan fingerprint density at radius 2 is 1.93 bits per heavy atom. The van der Waals surface area contributed by atoms with Gasteiger partial charge in [0.05, 0.1) is 5.70 Å². The van der Waals surface area contributed by atoms with Crippen molar-refractivity contribution in [2.45, 2.75) is 20.5 Å². The molecule has 0 spiro atoms. The van der Waals surface area contributed by atoms with E-state index in [1.54, 1.807) is 25.1 Å². The first kappa shape index (κ1) is 18.4. The molecule has 0 N–H and O–H groups in total. The SMILES string of the molecule is C=C1N=NC(=O)C(C)=C1c1ccc(Oc2ncccc2OC(F)F)cc1C. The molecule has 27 heavy (non-hydrogen) atoms. The number of amides is 1. The average molecular weight is 371 g/mol. The molecule has 0 bridgehead atoms. The fourth-order valence-electron chi connectivity index (χ4n) is 2.64. The molecule has 3 rings (SSSR count). The number of benzene rings is 1. The van der Waals surface area contributed by atoms with Crippen molar-refractivity contribution in [3.05, 3.63) is 65.5 Å². The van der Waals surface area contributed by atoms with Gasteiger partial charge in [0.25, 0.3) is 11.8 Å². The second-order valence-corrected chi connectivity index (χ2v) is 5.72. The van der Waals surface area contributed by atoms with Gasteiger partial charge in [-0.25, -0.2) is 4.98 Å². The highest BCUT2D eigenvalue weighted by molar-refractivity contribution is 6.05. The van der Waals surface area contributed by atoms with Crippen molar-refractivity contribution in [1.29, 1.82) is 0 Å². The Balaban J connectivity index is 1.92. The van der Waals surface area contributed by atoms with Gasteiger partial charge in [0, 0.05) is 17.3 Å². The van der Waals surface area contributed by atoms with Crippen LogP contribution in [-0.2, 0) is 4.79 Å². The van der Waals surface area contributed by atoms with E-state index in [0.29, 0.717) is 22.6 Å². The maximum atomic E-state index is 12.5. The van der Waals surface area contributed by atoms with E-state index in [4.69, 9.17) is 4.74 Å². The number of ether oxygens (including phenoxy) is 2. The molecule has 0 atom stereocenters. The molecular weight excluding hydrogens is 356 g/mol. The first-order valence-corrected chi connectivity index (χ1v) is 7.91. The van der Waals surface area contributed by atoms with Crippen LogP contribution in [0.1, 0.15) is 18.1 Å². The maximum Gasteiger partial charge on any atom is 0.387 e. The van der Waals surface area contributed by atoms with Crippen molar-refractivity contribution in [3.8, 4) is 17.4 Å². The third-order valence-electron chi connectivity index (χ3n) is 3.88. The van der Waals surface area contributed by atoms with E-state index in [2.05, 4.69) is 26.5 Å². The number of nitrogens with zero attached hydrogens (tertiary/aromatic N) is 3. The number of allylic oxidation sites excluding steroid dienone is 1. The average Bonchev–Trinajstić information content (AvgIpc) is 2.61. The minimum Gasteiger partial charge on any atom is -0.436 e. The van der Waals surface area contributed by atoms with E-state index in [1.807, 2.05) is 6.92 Å². The summed E-state index contributed by atoms with van der Waals surface area (Å²) in [5.74, 6) is -0.285. The molecule has 2 heterocycles. The van der Waals surface area contributed by atoms with Crippen LogP contribution in [-0.4, -0.2) is 17.5 Å². The van der Waals surface area contributed by atoms with E-state index in [0.717, 1.165) is 11.1 Å². The number of rotatable bonds is 5. The van der Waals surface area contributed by atoms with Crippen LogP contribution >= 0.6 is 0 Å². The van der Waals surface area contributed by atoms with E-state index in [1.165, 1.54) is 18.3 Å². The second kappa shape index (κ2) is 7.45. The first-order valence-electron chi connectivity index (χ1n) is 7.91. The van der Waals surface area contributed by atoms with Crippen LogP contribution in [0.5, 0.6) is 17.4 Å². The molecular formula is C19H15F2N3O3. The number of carbonyl (C=O) groups excluding carboxylic acids is 1. The van der Waals surface area contributed by atoms with Gasteiger partial charge < -0.3 is 9.47 Å². The molecule has 1 aliphatic heterocycles. The Morgan fingerprint density at radius 3 is 2.63 bits per heavy atom. The van der Waals surface area contributed by atoms with Gasteiger partial charge in [0.1, 0.15) is 5.75 Å². The Kier molecular flexibility index (Phi) is 5.07. The summed E-state index contributed by atoms with van der Waals surface area (Å²) >= 11 is 0. The van der Waals surface area contributed by atoms with Gasteiger partial charge in [-0.05, 0) is 49.2 Å². The summed E-state index contributed by atoms with van der Waals surface area (Å²) in [7, 11) is 0. The van der Waals surface area contributed by atoms with Crippen LogP contribution < -0.4 is 9.47 Å². The highest BCUT2D eigenvalue weighted by Crippen LogP contribution is 2.36. The van der Waals surface area contributed by atoms with Gasteiger partial charge >= 0.3 is 6.61 Å². The normalized spacial score (nSPS) is 14.1. The van der Waals surface area contributed by atoms with Crippen molar-refractivity contribution in [3.63, 3.8) is 0 Å². The lowest BCUT2D eigenvalue weighted by Gasteiger charge is -2.16. The third kappa shape index (κ3) is 3.89. The van der Waals surface area contributed by atoms with Crippen LogP contribution in [0.3, 0.4) is 0 Å². The number of carbonyl (C=O) groups is 1. The van der Waals surface area contributed by atoms with Gasteiger partial charge in [-0.3, -0.25) is 4.79 Å². The van der Waals surface area contributed by atoms with Crippen LogP contribution in [0.15, 0.2) is 64.6 Å². The fourth-order valence-corrected chi connectivity index (χ4v) is 2.64. The maximum absolute atomic E-state index is 12.5. The quantitative estimate of drug-likeness (QED) is 0.736. The van der Waals surface area contributed by atoms with Crippen LogP contribution in [0, 0.1) is 6.92 Å². The zero-order chi connectivity index (χ0) is 19.6. The van der Waals surface area contributed by atoms with E-state index in [9.17, 15) is 13.6 Å². The van der Waals surface area contributed by atoms with Crippen molar-refractivity contribution < 1.29 is 23.0 Å². The monoisotopic (exact) mass is 371 g/mol. The van der Waals surface area contributed by atoms with Gasteiger partial charge in [-0.15, -0.1) is 10.2 Å². The summed E-state index contributed by atoms with van der Waals surface area (Å²) in [6.07, 6.45) is 1.41. The molecule has 1 aliphatic rings. The predicted molar refractivity (Wildman–Crippen MR) is 93.7 cm³/mol. The van der Waals surface area contributed by atoms with Gasteiger partial charge in [0.2, 0.25) is 0 Å². The molecule has 1 aromatic heterocycles. The number of alkyl halides is 2. The predicted octanol–water partition coefficient (Wildman–Crippen LogP) is 5.06. The van der Waals surface area contributed by atoms with Crippen LogP contribution in [0.4, 0.5) is 8.78 Å². The number of halogens is 2. The minimum atomic E-state index is -2.99. The zero-order valence-corrected chi connectivity index (χ0v) is 14.6. The van der Waals surface area contributed by atoms with E-state index in [-0.39, 0.29) is 11.6 Å². The van der Waals surface area contributed by atoms with Crippen LogP contribution in [0.2, 0.25) is 0 Å². The number of pyridine rings is 1. The molecule has 138 valence electrons. The lowest BCUT2D eigenvalue weighted by molar-refractivity contribution is -0.114. The fraction of sp³-hybridized carbons (Fsp3) is 0.158. The van der Waals surface area contributed by atoms with E-state index >= 15 is 0 Å². The van der Waals surface area contributed by atoms with Crippen LogP contribution in [0.25, 0.3) is 5.57 Å². The molecule has 1 amide bonds. The molecule has 0 saturated heterocycles. The zero-order valence-electron chi connectivity index (χ0n) is 14.6. The molecule has 0 aliphatic carbocycles. The van der Waals surface area contributed by atoms with E-state index < -0.39 is 12.5 Å². The topological polar surface area (TPSA) is 73.1 Å². The molecule has 0 saturated carbocycles. The lowest BCUT2D eigenvalue weighted by Crippen LogP contribution is -2.06. The van der Waals surface area contributed by atoms with Gasteiger partial charge in [0.15, 0.2) is 5.75 Å². The second-order valence-electron chi connectivity index (χ2n) is 5.72. The molecule has 0 fully saturated rings. The molecule has 1 aromatic carbocycles. The number of aryl methyl sites for hydroxylation is 1. The van der Waals surface area contributed by atoms with Gasteiger partial charge in [-0.2, -0.15) is 8.78 Å². The summed E-state index contributed by atoms with van der Waals surface area (Å²) in [6.45, 7) is 4.32. The number of azo groups is 1.